The van der Waals surface area contributed by atoms with E-state index in [1.54, 1.807) is 40.9 Å². The van der Waals surface area contributed by atoms with Crippen LogP contribution in [0.15, 0.2) is 24.3 Å². The van der Waals surface area contributed by atoms with Crippen LogP contribution in [0.3, 0.4) is 0 Å². The normalized spacial score (nSPS) is 16.4. The van der Waals surface area contributed by atoms with Gasteiger partial charge in [-0.3, -0.25) is 9.59 Å². The van der Waals surface area contributed by atoms with Crippen molar-refractivity contribution < 1.29 is 14.7 Å². The van der Waals surface area contributed by atoms with Crippen LogP contribution in [0.2, 0.25) is 0 Å². The van der Waals surface area contributed by atoms with Gasteiger partial charge in [0, 0.05) is 6.92 Å². The molecule has 3 aromatic rings. The number of aromatic hydroxyl groups is 1. The number of rotatable bonds is 4. The van der Waals surface area contributed by atoms with Crippen LogP contribution in [0.25, 0.3) is 10.7 Å². The highest BCUT2D eigenvalue weighted by molar-refractivity contribution is 8.00. The van der Waals surface area contributed by atoms with E-state index < -0.39 is 0 Å². The van der Waals surface area contributed by atoms with Gasteiger partial charge >= 0.3 is 0 Å². The van der Waals surface area contributed by atoms with Crippen molar-refractivity contribution in [1.82, 2.24) is 19.9 Å². The molecule has 150 valence electrons. The highest BCUT2D eigenvalue weighted by Gasteiger charge is 2.37. The van der Waals surface area contributed by atoms with Crippen LogP contribution in [-0.4, -0.2) is 42.5 Å². The number of phenolic OH excluding ortho intramolecular Hbond substituents is 1. The zero-order chi connectivity index (χ0) is 20.7. The number of benzene rings is 1. The maximum absolute atomic E-state index is 12.8. The van der Waals surface area contributed by atoms with Gasteiger partial charge in [-0.05, 0) is 36.8 Å². The summed E-state index contributed by atoms with van der Waals surface area (Å²) in [6, 6.07) is 6.71. The van der Waals surface area contributed by atoms with Gasteiger partial charge in [0.1, 0.15) is 11.1 Å². The lowest BCUT2D eigenvalue weighted by atomic mass is 10.2. The predicted octanol–water partition coefficient (Wildman–Crippen LogP) is 2.95. The zero-order valence-electron chi connectivity index (χ0n) is 15.4. The van der Waals surface area contributed by atoms with E-state index in [4.69, 9.17) is 12.2 Å². The second kappa shape index (κ2) is 7.61. The Balaban J connectivity index is 1.79. The third kappa shape index (κ3) is 3.66. The maximum atomic E-state index is 12.8. The second-order valence-corrected chi connectivity index (χ2v) is 8.73. The molecule has 0 aliphatic carbocycles. The van der Waals surface area contributed by atoms with E-state index >= 15 is 0 Å². The number of nitrogens with zero attached hydrogens (tertiary/aromatic N) is 4. The summed E-state index contributed by atoms with van der Waals surface area (Å²) in [6.07, 6.45) is 0. The number of hydrogen-bond acceptors (Lipinski definition) is 8. The van der Waals surface area contributed by atoms with Crippen molar-refractivity contribution in [3.8, 4) is 16.5 Å². The van der Waals surface area contributed by atoms with E-state index in [0.717, 1.165) is 5.56 Å². The lowest BCUT2D eigenvalue weighted by Crippen LogP contribution is -2.38. The summed E-state index contributed by atoms with van der Waals surface area (Å²) in [7, 11) is 0. The van der Waals surface area contributed by atoms with Gasteiger partial charge in [0.05, 0.1) is 16.3 Å². The minimum absolute atomic E-state index is 0.115. The Kier molecular flexibility index (Phi) is 5.15. The van der Waals surface area contributed by atoms with E-state index in [-0.39, 0.29) is 33.5 Å². The Labute approximate surface area is 178 Å². The third-order valence-electron chi connectivity index (χ3n) is 4.17. The summed E-state index contributed by atoms with van der Waals surface area (Å²) < 4.78 is 1.85. The Morgan fingerprint density at radius 1 is 1.38 bits per heavy atom. The topological polar surface area (TPSA) is 116 Å². The van der Waals surface area contributed by atoms with Crippen LogP contribution >= 0.6 is 35.3 Å². The Hall–Kier alpha value is -2.70. The first-order chi connectivity index (χ1) is 13.8. The van der Waals surface area contributed by atoms with Crippen LogP contribution in [0.4, 0.5) is 5.13 Å². The predicted molar refractivity (Wildman–Crippen MR) is 114 cm³/mol. The molecular weight excluding hydrogens is 432 g/mol. The van der Waals surface area contributed by atoms with Crippen molar-refractivity contribution in [2.45, 2.75) is 19.2 Å². The average molecular weight is 449 g/mol. The van der Waals surface area contributed by atoms with Gasteiger partial charge in [-0.15, -0.1) is 11.8 Å². The fourth-order valence-electron chi connectivity index (χ4n) is 2.96. The molecule has 12 heteroatoms. The monoisotopic (exact) mass is 448 g/mol. The summed E-state index contributed by atoms with van der Waals surface area (Å²) in [5, 5.41) is 21.0. The van der Waals surface area contributed by atoms with Gasteiger partial charge in [-0.1, -0.05) is 23.5 Å². The smallest absolute Gasteiger partial charge is 0.252 e. The molecule has 2 aromatic heterocycles. The number of hydrogen-bond donors (Lipinski definition) is 3. The summed E-state index contributed by atoms with van der Waals surface area (Å²) in [4.78, 5) is 29.2. The van der Waals surface area contributed by atoms with Gasteiger partial charge < -0.3 is 10.4 Å². The van der Waals surface area contributed by atoms with E-state index in [1.165, 1.54) is 30.0 Å². The molecule has 1 aromatic carbocycles. The number of H-pyrrole nitrogens is 1. The molecule has 1 unspecified atom stereocenters. The van der Waals surface area contributed by atoms with E-state index in [2.05, 4.69) is 20.5 Å². The van der Waals surface area contributed by atoms with Crippen molar-refractivity contribution in [2.75, 3.05) is 16.1 Å². The minimum atomic E-state index is -0.325. The van der Waals surface area contributed by atoms with Crippen molar-refractivity contribution >= 4 is 52.3 Å². The quantitative estimate of drug-likeness (QED) is 0.526. The number of amides is 2. The molecule has 3 heterocycles. The van der Waals surface area contributed by atoms with Gasteiger partial charge in [0.25, 0.3) is 5.91 Å². The van der Waals surface area contributed by atoms with Crippen LogP contribution in [0.5, 0.6) is 5.75 Å². The van der Waals surface area contributed by atoms with Crippen LogP contribution in [-0.2, 0) is 9.59 Å². The lowest BCUT2D eigenvalue weighted by Gasteiger charge is -2.25. The SMILES string of the molecule is CC(=O)Nc1nc(C)c(-c2n[nH]c(=S)n2N2C(=O)CSC2c2ccc(O)cc2)s1. The molecule has 9 nitrogen and oxygen atoms in total. The molecule has 4 rings (SSSR count). The number of thiazole rings is 1. The maximum Gasteiger partial charge on any atom is 0.252 e. The van der Waals surface area contributed by atoms with Crippen LogP contribution in [0, 0.1) is 11.7 Å². The van der Waals surface area contributed by atoms with Gasteiger partial charge in [0.2, 0.25) is 10.7 Å². The van der Waals surface area contributed by atoms with Crippen molar-refractivity contribution in [1.29, 1.82) is 0 Å². The largest absolute Gasteiger partial charge is 0.508 e. The molecule has 0 saturated carbocycles. The molecule has 1 atom stereocenters. The molecule has 1 aliphatic heterocycles. The van der Waals surface area contributed by atoms with Crippen LogP contribution < -0.4 is 10.3 Å². The number of phenols is 1. The average Bonchev–Trinajstić information content (AvgIpc) is 3.32. The molecule has 0 radical (unpaired) electrons. The number of carbonyl (C=O) groups excluding carboxylic acids is 2. The number of aromatic nitrogens is 4. The van der Waals surface area contributed by atoms with Gasteiger partial charge in [-0.2, -0.15) is 5.10 Å². The first-order valence-corrected chi connectivity index (χ1v) is 10.8. The molecule has 1 saturated heterocycles. The van der Waals surface area contributed by atoms with Crippen LogP contribution in [0.1, 0.15) is 23.6 Å². The molecule has 3 N–H and O–H groups in total. The number of aryl methyl sites for hydroxylation is 1. The minimum Gasteiger partial charge on any atom is -0.508 e. The highest BCUT2D eigenvalue weighted by Crippen LogP contribution is 2.40. The molecule has 2 amide bonds. The lowest BCUT2D eigenvalue weighted by molar-refractivity contribution is -0.117. The summed E-state index contributed by atoms with van der Waals surface area (Å²) in [5.41, 5.74) is 1.52. The number of aromatic amines is 1. The molecule has 1 fully saturated rings. The Morgan fingerprint density at radius 2 is 2.10 bits per heavy atom. The molecule has 29 heavy (non-hydrogen) atoms. The van der Waals surface area contributed by atoms with Crippen molar-refractivity contribution in [3.63, 3.8) is 0 Å². The number of carbonyl (C=O) groups is 2. The standard InChI is InChI=1S/C17H16N6O3S3/c1-8-13(29-16(18-8)19-9(2)24)14-20-21-17(27)23(14)22-12(26)7-28-15(22)10-3-5-11(25)6-4-10/h3-6,15,25H,7H2,1-2H3,(H,21,27)(H,18,19,24). The summed E-state index contributed by atoms with van der Waals surface area (Å²) >= 11 is 8.14. The molecule has 0 spiro atoms. The zero-order valence-corrected chi connectivity index (χ0v) is 17.8. The van der Waals surface area contributed by atoms with Gasteiger partial charge in [0.15, 0.2) is 11.0 Å². The van der Waals surface area contributed by atoms with E-state index in [1.807, 2.05) is 0 Å². The number of nitrogens with one attached hydrogen (secondary N) is 2. The fraction of sp³-hybridized carbons (Fsp3) is 0.235. The Bertz CT molecular complexity index is 1150. The highest BCUT2D eigenvalue weighted by atomic mass is 32.2. The van der Waals surface area contributed by atoms with E-state index in [9.17, 15) is 14.7 Å². The first-order valence-electron chi connectivity index (χ1n) is 8.51. The Morgan fingerprint density at radius 3 is 2.79 bits per heavy atom. The molecule has 1 aliphatic rings. The molecule has 0 bridgehead atoms. The first kappa shape index (κ1) is 19.6. The third-order valence-corrected chi connectivity index (χ3v) is 6.70. The fourth-order valence-corrected chi connectivity index (χ4v) is 5.30. The summed E-state index contributed by atoms with van der Waals surface area (Å²) in [5.74, 6) is 0.553. The van der Waals surface area contributed by atoms with Crippen molar-refractivity contribution in [3.05, 3.63) is 40.3 Å². The van der Waals surface area contributed by atoms with E-state index in [0.29, 0.717) is 21.5 Å². The second-order valence-electron chi connectivity index (χ2n) is 6.27. The number of thioether (sulfide) groups is 1. The van der Waals surface area contributed by atoms with Crippen molar-refractivity contribution in [2.24, 2.45) is 0 Å². The number of anilines is 1. The summed E-state index contributed by atoms with van der Waals surface area (Å²) in [6.45, 7) is 3.21. The van der Waals surface area contributed by atoms with Gasteiger partial charge in [-0.25, -0.2) is 19.8 Å². The molecular formula is C17H16N6O3S3.